The summed E-state index contributed by atoms with van der Waals surface area (Å²) in [4.78, 5) is 12.0. The van der Waals surface area contributed by atoms with Gasteiger partial charge in [0.25, 0.3) is 0 Å². The van der Waals surface area contributed by atoms with Crippen LogP contribution in [0.25, 0.3) is 10.9 Å². The first kappa shape index (κ1) is 12.3. The summed E-state index contributed by atoms with van der Waals surface area (Å²) >= 11 is 0. The number of benzene rings is 1. The number of nitrogens with zero attached hydrogens (tertiary/aromatic N) is 1. The van der Waals surface area contributed by atoms with Crippen LogP contribution in [0.3, 0.4) is 0 Å². The smallest absolute Gasteiger partial charge is 0.240 e. The lowest BCUT2D eigenvalue weighted by molar-refractivity contribution is -0.122. The number of amides is 1. The molecule has 1 aromatic heterocycles. The van der Waals surface area contributed by atoms with Gasteiger partial charge in [-0.15, -0.1) is 0 Å². The highest BCUT2D eigenvalue weighted by Gasteiger charge is 2.17. The average Bonchev–Trinajstić information content (AvgIpc) is 2.99. The second kappa shape index (κ2) is 5.08. The SMILES string of the molecule is Cc1ccc2c(ccn2CC(=O)NC2CCCC2)c1. The fraction of sp³-hybridized carbons (Fsp3) is 0.438. The summed E-state index contributed by atoms with van der Waals surface area (Å²) in [5.41, 5.74) is 2.38. The molecule has 1 aromatic carbocycles. The van der Waals surface area contributed by atoms with Crippen LogP contribution in [0, 0.1) is 6.92 Å². The standard InChI is InChI=1S/C16H20N2O/c1-12-6-7-15-13(10-12)8-9-18(15)11-16(19)17-14-4-2-3-5-14/h6-10,14H,2-5,11H2,1H3,(H,17,19). The molecule has 1 aliphatic carbocycles. The van der Waals surface area contributed by atoms with Crippen molar-refractivity contribution in [2.45, 2.75) is 45.2 Å². The Kier molecular flexibility index (Phi) is 3.28. The predicted molar refractivity (Wildman–Crippen MR) is 77.1 cm³/mol. The van der Waals surface area contributed by atoms with Crippen molar-refractivity contribution in [2.24, 2.45) is 0 Å². The van der Waals surface area contributed by atoms with Gasteiger partial charge >= 0.3 is 0 Å². The molecule has 1 fully saturated rings. The number of aryl methyl sites for hydroxylation is 1. The summed E-state index contributed by atoms with van der Waals surface area (Å²) < 4.78 is 2.03. The van der Waals surface area contributed by atoms with Gasteiger partial charge < -0.3 is 9.88 Å². The van der Waals surface area contributed by atoms with Crippen molar-refractivity contribution >= 4 is 16.8 Å². The summed E-state index contributed by atoms with van der Waals surface area (Å²) in [6.45, 7) is 2.51. The molecule has 0 aliphatic heterocycles. The largest absolute Gasteiger partial charge is 0.352 e. The number of hydrogen-bond acceptors (Lipinski definition) is 1. The van der Waals surface area contributed by atoms with Crippen molar-refractivity contribution in [2.75, 3.05) is 0 Å². The van der Waals surface area contributed by atoms with Gasteiger partial charge in [0.15, 0.2) is 0 Å². The van der Waals surface area contributed by atoms with Crippen molar-refractivity contribution in [1.29, 1.82) is 0 Å². The molecular weight excluding hydrogens is 236 g/mol. The molecule has 0 bridgehead atoms. The van der Waals surface area contributed by atoms with Crippen LogP contribution in [0.15, 0.2) is 30.5 Å². The van der Waals surface area contributed by atoms with Gasteiger partial charge in [-0.1, -0.05) is 24.5 Å². The molecule has 1 N–H and O–H groups in total. The van der Waals surface area contributed by atoms with E-state index >= 15 is 0 Å². The monoisotopic (exact) mass is 256 g/mol. The van der Waals surface area contributed by atoms with Gasteiger partial charge in [0, 0.05) is 17.8 Å². The molecule has 0 radical (unpaired) electrons. The van der Waals surface area contributed by atoms with Gasteiger partial charge in [0.2, 0.25) is 5.91 Å². The van der Waals surface area contributed by atoms with Gasteiger partial charge in [-0.05, 0) is 43.4 Å². The maximum atomic E-state index is 12.0. The first-order valence-electron chi connectivity index (χ1n) is 7.07. The van der Waals surface area contributed by atoms with E-state index < -0.39 is 0 Å². The zero-order valence-electron chi connectivity index (χ0n) is 11.4. The van der Waals surface area contributed by atoms with Crippen LogP contribution >= 0.6 is 0 Å². The van der Waals surface area contributed by atoms with Crippen LogP contribution in [-0.4, -0.2) is 16.5 Å². The third kappa shape index (κ3) is 2.65. The minimum absolute atomic E-state index is 0.130. The van der Waals surface area contributed by atoms with Crippen molar-refractivity contribution < 1.29 is 4.79 Å². The maximum absolute atomic E-state index is 12.0. The molecule has 2 aromatic rings. The molecule has 0 atom stereocenters. The Morgan fingerprint density at radius 3 is 2.89 bits per heavy atom. The number of hydrogen-bond donors (Lipinski definition) is 1. The topological polar surface area (TPSA) is 34.0 Å². The summed E-state index contributed by atoms with van der Waals surface area (Å²) in [5.74, 6) is 0.130. The van der Waals surface area contributed by atoms with Crippen molar-refractivity contribution in [3.8, 4) is 0 Å². The summed E-state index contributed by atoms with van der Waals surface area (Å²) in [6.07, 6.45) is 6.76. The quantitative estimate of drug-likeness (QED) is 0.900. The summed E-state index contributed by atoms with van der Waals surface area (Å²) in [7, 11) is 0. The van der Waals surface area contributed by atoms with Crippen LogP contribution in [0.5, 0.6) is 0 Å². The molecule has 1 saturated carbocycles. The summed E-state index contributed by atoms with van der Waals surface area (Å²) in [6, 6.07) is 8.81. The number of carbonyl (C=O) groups excluding carboxylic acids is 1. The van der Waals surface area contributed by atoms with Crippen molar-refractivity contribution in [1.82, 2.24) is 9.88 Å². The van der Waals surface area contributed by atoms with E-state index in [2.05, 4.69) is 36.5 Å². The zero-order chi connectivity index (χ0) is 13.2. The molecule has 3 heteroatoms. The van der Waals surface area contributed by atoms with Gasteiger partial charge in [0.1, 0.15) is 6.54 Å². The van der Waals surface area contributed by atoms with E-state index in [1.807, 2.05) is 10.8 Å². The fourth-order valence-electron chi connectivity index (χ4n) is 2.96. The predicted octanol–water partition coefficient (Wildman–Crippen LogP) is 3.01. The molecular formula is C16H20N2O. The lowest BCUT2D eigenvalue weighted by Gasteiger charge is -2.12. The van der Waals surface area contributed by atoms with E-state index in [-0.39, 0.29) is 5.91 Å². The average molecular weight is 256 g/mol. The highest BCUT2D eigenvalue weighted by atomic mass is 16.2. The molecule has 3 nitrogen and oxygen atoms in total. The van der Waals surface area contributed by atoms with Gasteiger partial charge in [-0.25, -0.2) is 0 Å². The normalized spacial score (nSPS) is 16.1. The number of aromatic nitrogens is 1. The molecule has 100 valence electrons. The van der Waals surface area contributed by atoms with Crippen molar-refractivity contribution in [3.05, 3.63) is 36.0 Å². The fourth-order valence-corrected chi connectivity index (χ4v) is 2.96. The van der Waals surface area contributed by atoms with Gasteiger partial charge in [-0.2, -0.15) is 0 Å². The minimum atomic E-state index is 0.130. The first-order valence-corrected chi connectivity index (χ1v) is 7.07. The molecule has 0 unspecified atom stereocenters. The van der Waals surface area contributed by atoms with E-state index in [0.29, 0.717) is 12.6 Å². The molecule has 1 aliphatic rings. The number of nitrogens with one attached hydrogen (secondary N) is 1. The Bertz CT molecular complexity index is 594. The highest BCUT2D eigenvalue weighted by Crippen LogP contribution is 2.19. The van der Waals surface area contributed by atoms with Crippen LogP contribution < -0.4 is 5.32 Å². The van der Waals surface area contributed by atoms with Crippen LogP contribution in [0.2, 0.25) is 0 Å². The third-order valence-corrected chi connectivity index (χ3v) is 3.96. The Hall–Kier alpha value is -1.77. The number of carbonyl (C=O) groups is 1. The molecule has 3 rings (SSSR count). The molecule has 1 heterocycles. The van der Waals surface area contributed by atoms with E-state index in [0.717, 1.165) is 18.4 Å². The van der Waals surface area contributed by atoms with E-state index in [1.54, 1.807) is 0 Å². The number of rotatable bonds is 3. The van der Waals surface area contributed by atoms with Crippen LogP contribution in [0.4, 0.5) is 0 Å². The lowest BCUT2D eigenvalue weighted by atomic mass is 10.2. The Morgan fingerprint density at radius 1 is 1.32 bits per heavy atom. The van der Waals surface area contributed by atoms with E-state index in [1.165, 1.54) is 23.8 Å². The zero-order valence-corrected chi connectivity index (χ0v) is 11.4. The van der Waals surface area contributed by atoms with Gasteiger partial charge in [0.05, 0.1) is 0 Å². The van der Waals surface area contributed by atoms with Crippen molar-refractivity contribution in [3.63, 3.8) is 0 Å². The highest BCUT2D eigenvalue weighted by molar-refractivity contribution is 5.83. The second-order valence-corrected chi connectivity index (χ2v) is 5.55. The maximum Gasteiger partial charge on any atom is 0.240 e. The Morgan fingerprint density at radius 2 is 2.11 bits per heavy atom. The second-order valence-electron chi connectivity index (χ2n) is 5.55. The molecule has 0 saturated heterocycles. The number of fused-ring (bicyclic) bond motifs is 1. The summed E-state index contributed by atoms with van der Waals surface area (Å²) in [5, 5.41) is 4.34. The van der Waals surface area contributed by atoms with Crippen LogP contribution in [-0.2, 0) is 11.3 Å². The van der Waals surface area contributed by atoms with Gasteiger partial charge in [-0.3, -0.25) is 4.79 Å². The molecule has 19 heavy (non-hydrogen) atoms. The first-order chi connectivity index (χ1) is 9.22. The minimum Gasteiger partial charge on any atom is -0.352 e. The third-order valence-electron chi connectivity index (χ3n) is 3.96. The van der Waals surface area contributed by atoms with E-state index in [9.17, 15) is 4.79 Å². The Labute approximate surface area is 113 Å². The molecule has 1 amide bonds. The molecule has 0 spiro atoms. The Balaban J connectivity index is 1.72. The van der Waals surface area contributed by atoms with Crippen LogP contribution in [0.1, 0.15) is 31.2 Å². The lowest BCUT2D eigenvalue weighted by Crippen LogP contribution is -2.35. The van der Waals surface area contributed by atoms with E-state index in [4.69, 9.17) is 0 Å².